The molecule has 0 aliphatic carbocycles. The molecule has 0 amide bonds. The average Bonchev–Trinajstić information content (AvgIpc) is 1.97. The molecule has 0 radical (unpaired) electrons. The van der Waals surface area contributed by atoms with Crippen LogP contribution in [0.1, 0.15) is 27.7 Å². The van der Waals surface area contributed by atoms with Gasteiger partial charge in [0.1, 0.15) is 6.29 Å². The van der Waals surface area contributed by atoms with Gasteiger partial charge in [0, 0.05) is 0 Å². The van der Waals surface area contributed by atoms with Crippen molar-refractivity contribution in [3.05, 3.63) is 12.2 Å². The Balaban J connectivity index is 4.63. The largest absolute Gasteiger partial charge is 0.299 e. The van der Waals surface area contributed by atoms with Gasteiger partial charge in [-0.3, -0.25) is 4.79 Å². The summed E-state index contributed by atoms with van der Waals surface area (Å²) in [4.78, 5) is 10.2. The predicted octanol–water partition coefficient (Wildman–Crippen LogP) is 3.64. The molecule has 0 unspecified atom stereocenters. The SMILES string of the molecule is C[C@@H](/C=C/C=O)[Si](C)(C)C(C)(C)C. The molecule has 0 aromatic rings. The van der Waals surface area contributed by atoms with E-state index in [4.69, 9.17) is 0 Å². The minimum atomic E-state index is -1.29. The zero-order valence-corrected chi connectivity index (χ0v) is 10.7. The van der Waals surface area contributed by atoms with E-state index < -0.39 is 8.07 Å². The quantitative estimate of drug-likeness (QED) is 0.384. The van der Waals surface area contributed by atoms with Crippen LogP contribution in [-0.4, -0.2) is 14.4 Å². The van der Waals surface area contributed by atoms with Gasteiger partial charge in [-0.05, 0) is 16.7 Å². The zero-order valence-electron chi connectivity index (χ0n) is 9.72. The summed E-state index contributed by atoms with van der Waals surface area (Å²) in [5, 5.41) is 0.389. The van der Waals surface area contributed by atoms with E-state index in [-0.39, 0.29) is 0 Å². The van der Waals surface area contributed by atoms with Crippen LogP contribution in [0.3, 0.4) is 0 Å². The fraction of sp³-hybridized carbons (Fsp3) is 0.727. The molecule has 0 N–H and O–H groups in total. The van der Waals surface area contributed by atoms with Crippen LogP contribution in [0.15, 0.2) is 12.2 Å². The van der Waals surface area contributed by atoms with Crippen LogP contribution in [0.25, 0.3) is 0 Å². The highest BCUT2D eigenvalue weighted by molar-refractivity contribution is 6.81. The molecule has 0 aliphatic rings. The minimum Gasteiger partial charge on any atom is -0.299 e. The molecule has 0 aliphatic heterocycles. The number of aldehydes is 1. The number of rotatable bonds is 3. The maximum Gasteiger partial charge on any atom is 0.142 e. The van der Waals surface area contributed by atoms with Crippen molar-refractivity contribution in [3.63, 3.8) is 0 Å². The Morgan fingerprint density at radius 2 is 1.69 bits per heavy atom. The maximum atomic E-state index is 10.2. The summed E-state index contributed by atoms with van der Waals surface area (Å²) < 4.78 is 0. The second-order valence-corrected chi connectivity index (χ2v) is 11.1. The van der Waals surface area contributed by atoms with Gasteiger partial charge in [0.05, 0.1) is 8.07 Å². The van der Waals surface area contributed by atoms with Gasteiger partial charge in [-0.25, -0.2) is 0 Å². The normalized spacial score (nSPS) is 16.2. The summed E-state index contributed by atoms with van der Waals surface area (Å²) in [6, 6.07) is 0. The van der Waals surface area contributed by atoms with E-state index in [0.29, 0.717) is 10.6 Å². The van der Waals surface area contributed by atoms with Gasteiger partial charge in [-0.2, -0.15) is 0 Å². The first-order valence-corrected chi connectivity index (χ1v) is 7.93. The molecule has 0 fully saturated rings. The molecule has 0 aromatic heterocycles. The fourth-order valence-electron chi connectivity index (χ4n) is 1.14. The summed E-state index contributed by atoms with van der Waals surface area (Å²) in [7, 11) is -1.29. The standard InChI is InChI=1S/C11H22OSi/c1-10(8-7-9-12)13(5,6)11(2,3)4/h7-10H,1-6H3/b8-7+/t10-/m0/s1. The van der Waals surface area contributed by atoms with Crippen LogP contribution in [-0.2, 0) is 4.79 Å². The highest BCUT2D eigenvalue weighted by Crippen LogP contribution is 2.43. The molecule has 13 heavy (non-hydrogen) atoms. The Kier molecular flexibility index (Phi) is 4.10. The Bertz CT molecular complexity index is 199. The number of carbonyl (C=O) groups is 1. The van der Waals surface area contributed by atoms with E-state index in [0.717, 1.165) is 6.29 Å². The van der Waals surface area contributed by atoms with Crippen molar-refractivity contribution in [1.82, 2.24) is 0 Å². The molecule has 1 atom stereocenters. The number of hydrogen-bond donors (Lipinski definition) is 0. The van der Waals surface area contributed by atoms with Crippen molar-refractivity contribution < 1.29 is 4.79 Å². The predicted molar refractivity (Wildman–Crippen MR) is 61.8 cm³/mol. The van der Waals surface area contributed by atoms with Gasteiger partial charge >= 0.3 is 0 Å². The molecule has 76 valence electrons. The van der Waals surface area contributed by atoms with Crippen LogP contribution in [0.2, 0.25) is 23.7 Å². The third kappa shape index (κ3) is 3.11. The Morgan fingerprint density at radius 3 is 2.00 bits per heavy atom. The molecule has 0 saturated carbocycles. The summed E-state index contributed by atoms with van der Waals surface area (Å²) >= 11 is 0. The first-order valence-electron chi connectivity index (χ1n) is 4.85. The molecule has 0 bridgehead atoms. The maximum absolute atomic E-state index is 10.2. The van der Waals surface area contributed by atoms with E-state index in [2.05, 4.69) is 40.8 Å². The molecule has 0 saturated heterocycles. The number of carbonyl (C=O) groups excluding carboxylic acids is 1. The fourth-order valence-corrected chi connectivity index (χ4v) is 3.09. The Hall–Kier alpha value is -0.373. The lowest BCUT2D eigenvalue weighted by Gasteiger charge is -2.40. The van der Waals surface area contributed by atoms with E-state index in [9.17, 15) is 4.79 Å². The van der Waals surface area contributed by atoms with Crippen LogP contribution in [0.4, 0.5) is 0 Å². The average molecular weight is 198 g/mol. The Morgan fingerprint density at radius 1 is 1.23 bits per heavy atom. The van der Waals surface area contributed by atoms with E-state index >= 15 is 0 Å². The number of hydrogen-bond acceptors (Lipinski definition) is 1. The first kappa shape index (κ1) is 12.6. The van der Waals surface area contributed by atoms with Crippen molar-refractivity contribution in [3.8, 4) is 0 Å². The monoisotopic (exact) mass is 198 g/mol. The lowest BCUT2D eigenvalue weighted by atomic mass is 10.2. The molecular weight excluding hydrogens is 176 g/mol. The molecule has 0 heterocycles. The van der Waals surface area contributed by atoms with Gasteiger partial charge in [0.25, 0.3) is 0 Å². The zero-order chi connectivity index (χ0) is 10.7. The minimum absolute atomic E-state index is 0.389. The molecular formula is C11H22OSi. The van der Waals surface area contributed by atoms with Gasteiger partial charge in [0.15, 0.2) is 0 Å². The first-order chi connectivity index (χ1) is 5.73. The van der Waals surface area contributed by atoms with E-state index in [1.165, 1.54) is 0 Å². The molecule has 1 nitrogen and oxygen atoms in total. The van der Waals surface area contributed by atoms with Crippen molar-refractivity contribution in [2.45, 2.75) is 51.4 Å². The highest BCUT2D eigenvalue weighted by Gasteiger charge is 2.38. The van der Waals surface area contributed by atoms with Crippen LogP contribution >= 0.6 is 0 Å². The van der Waals surface area contributed by atoms with Crippen LogP contribution in [0.5, 0.6) is 0 Å². The van der Waals surface area contributed by atoms with Crippen molar-refractivity contribution in [1.29, 1.82) is 0 Å². The van der Waals surface area contributed by atoms with E-state index in [1.54, 1.807) is 6.08 Å². The highest BCUT2D eigenvalue weighted by atomic mass is 28.3. The van der Waals surface area contributed by atoms with Crippen LogP contribution < -0.4 is 0 Å². The van der Waals surface area contributed by atoms with Crippen molar-refractivity contribution in [2.24, 2.45) is 0 Å². The van der Waals surface area contributed by atoms with Crippen molar-refractivity contribution >= 4 is 14.4 Å². The summed E-state index contributed by atoms with van der Waals surface area (Å²) in [5.74, 6) is 0. The van der Waals surface area contributed by atoms with Gasteiger partial charge in [0.2, 0.25) is 0 Å². The van der Waals surface area contributed by atoms with Gasteiger partial charge < -0.3 is 0 Å². The third-order valence-electron chi connectivity index (χ3n) is 3.55. The van der Waals surface area contributed by atoms with Crippen LogP contribution in [0, 0.1) is 0 Å². The second-order valence-electron chi connectivity index (χ2n) is 5.28. The Labute approximate surface area is 83.2 Å². The third-order valence-corrected chi connectivity index (χ3v) is 9.88. The summed E-state index contributed by atoms with van der Waals surface area (Å²) in [6.07, 6.45) is 4.54. The van der Waals surface area contributed by atoms with Crippen molar-refractivity contribution in [2.75, 3.05) is 0 Å². The van der Waals surface area contributed by atoms with Gasteiger partial charge in [-0.15, -0.1) is 0 Å². The molecule has 0 rings (SSSR count). The molecule has 0 aromatic carbocycles. The smallest absolute Gasteiger partial charge is 0.142 e. The lowest BCUT2D eigenvalue weighted by molar-refractivity contribution is -0.104. The molecule has 2 heteroatoms. The topological polar surface area (TPSA) is 17.1 Å². The second kappa shape index (κ2) is 4.23. The molecule has 0 spiro atoms. The lowest BCUT2D eigenvalue weighted by Crippen LogP contribution is -2.40. The number of allylic oxidation sites excluding steroid dienone is 2. The van der Waals surface area contributed by atoms with E-state index in [1.807, 2.05) is 6.08 Å². The summed E-state index contributed by atoms with van der Waals surface area (Å²) in [5.41, 5.74) is 0.553. The van der Waals surface area contributed by atoms with Gasteiger partial charge in [-0.1, -0.05) is 46.9 Å². The summed E-state index contributed by atoms with van der Waals surface area (Å²) in [6.45, 7) is 13.9.